The fourth-order valence-corrected chi connectivity index (χ4v) is 2.95. The molecule has 1 nitrogen and oxygen atoms in total. The topological polar surface area (TPSA) is 12.0 Å². The first-order valence-electron chi connectivity index (χ1n) is 6.52. The summed E-state index contributed by atoms with van der Waals surface area (Å²) in [6, 6.07) is 11.2. The van der Waals surface area contributed by atoms with Gasteiger partial charge in [-0.3, -0.25) is 0 Å². The molecular weight excluding hydrogens is 238 g/mol. The van der Waals surface area contributed by atoms with Gasteiger partial charge in [-0.05, 0) is 60.7 Å². The lowest BCUT2D eigenvalue weighted by Crippen LogP contribution is -2.17. The van der Waals surface area contributed by atoms with E-state index in [0.29, 0.717) is 5.92 Å². The van der Waals surface area contributed by atoms with Crippen LogP contribution in [-0.2, 0) is 6.42 Å². The molecule has 0 amide bonds. The van der Waals surface area contributed by atoms with E-state index in [1.54, 1.807) is 11.3 Å². The highest BCUT2D eigenvalue weighted by Gasteiger charge is 2.10. The summed E-state index contributed by atoms with van der Waals surface area (Å²) >= 11 is 1.79. The van der Waals surface area contributed by atoms with Crippen LogP contribution in [0.2, 0.25) is 0 Å². The molecule has 0 bridgehead atoms. The van der Waals surface area contributed by atoms with Crippen LogP contribution in [0.1, 0.15) is 29.0 Å². The van der Waals surface area contributed by atoms with Crippen molar-refractivity contribution in [2.75, 3.05) is 13.6 Å². The molecule has 2 aromatic rings. The van der Waals surface area contributed by atoms with Gasteiger partial charge in [-0.25, -0.2) is 0 Å². The molecule has 0 aliphatic rings. The van der Waals surface area contributed by atoms with Gasteiger partial charge in [0.25, 0.3) is 0 Å². The molecule has 0 fully saturated rings. The second-order valence-corrected chi connectivity index (χ2v) is 5.62. The maximum Gasteiger partial charge on any atom is 0.00172 e. The smallest absolute Gasteiger partial charge is 0.00172 e. The number of aryl methyl sites for hydroxylation is 2. The van der Waals surface area contributed by atoms with Gasteiger partial charge in [-0.2, -0.15) is 11.3 Å². The lowest BCUT2D eigenvalue weighted by Gasteiger charge is -2.17. The van der Waals surface area contributed by atoms with E-state index in [1.165, 1.54) is 29.5 Å². The van der Waals surface area contributed by atoms with Crippen LogP contribution in [0.3, 0.4) is 0 Å². The predicted octanol–water partition coefficient (Wildman–Crippen LogP) is 3.99. The third-order valence-corrected chi connectivity index (χ3v) is 4.09. The van der Waals surface area contributed by atoms with Gasteiger partial charge in [0, 0.05) is 6.54 Å². The Bertz CT molecular complexity index is 444. The maximum absolute atomic E-state index is 3.31. The SMILES string of the molecule is CNCC(CCc1ccsc1)c1ccc(C)cc1. The minimum absolute atomic E-state index is 0.607. The molecule has 0 aliphatic heterocycles. The molecule has 1 unspecified atom stereocenters. The van der Waals surface area contributed by atoms with E-state index >= 15 is 0 Å². The van der Waals surface area contributed by atoms with Crippen LogP contribution >= 0.6 is 11.3 Å². The van der Waals surface area contributed by atoms with Crippen molar-refractivity contribution in [2.45, 2.75) is 25.7 Å². The largest absolute Gasteiger partial charge is 0.319 e. The number of benzene rings is 1. The summed E-state index contributed by atoms with van der Waals surface area (Å²) in [6.45, 7) is 3.19. The molecule has 18 heavy (non-hydrogen) atoms. The summed E-state index contributed by atoms with van der Waals surface area (Å²) in [5.41, 5.74) is 4.25. The summed E-state index contributed by atoms with van der Waals surface area (Å²) in [5, 5.41) is 7.73. The van der Waals surface area contributed by atoms with E-state index in [-0.39, 0.29) is 0 Å². The Morgan fingerprint density at radius 2 is 1.94 bits per heavy atom. The lowest BCUT2D eigenvalue weighted by molar-refractivity contribution is 0.584. The Kier molecular flexibility index (Phi) is 4.97. The van der Waals surface area contributed by atoms with Crippen molar-refractivity contribution in [3.8, 4) is 0 Å². The standard InChI is InChI=1S/C16H21NS/c1-13-3-6-15(7-4-13)16(11-17-2)8-5-14-9-10-18-12-14/h3-4,6-7,9-10,12,16-17H,5,8,11H2,1-2H3. The summed E-state index contributed by atoms with van der Waals surface area (Å²) < 4.78 is 0. The fourth-order valence-electron chi connectivity index (χ4n) is 2.25. The quantitative estimate of drug-likeness (QED) is 0.827. The average Bonchev–Trinajstić information content (AvgIpc) is 2.89. The van der Waals surface area contributed by atoms with Crippen molar-refractivity contribution < 1.29 is 0 Å². The summed E-state index contributed by atoms with van der Waals surface area (Å²) in [6.07, 6.45) is 2.38. The normalized spacial score (nSPS) is 12.6. The van der Waals surface area contributed by atoms with Crippen LogP contribution in [0.5, 0.6) is 0 Å². The van der Waals surface area contributed by atoms with Crippen molar-refractivity contribution in [1.82, 2.24) is 5.32 Å². The number of thiophene rings is 1. The van der Waals surface area contributed by atoms with Gasteiger partial charge in [0.1, 0.15) is 0 Å². The first-order chi connectivity index (χ1) is 8.79. The average molecular weight is 259 g/mol. The number of rotatable bonds is 6. The molecule has 2 heteroatoms. The molecule has 0 saturated heterocycles. The summed E-state index contributed by atoms with van der Waals surface area (Å²) in [5.74, 6) is 0.607. The molecular formula is C16H21NS. The summed E-state index contributed by atoms with van der Waals surface area (Å²) in [4.78, 5) is 0. The van der Waals surface area contributed by atoms with Crippen molar-refractivity contribution in [3.63, 3.8) is 0 Å². The monoisotopic (exact) mass is 259 g/mol. The fraction of sp³-hybridized carbons (Fsp3) is 0.375. The van der Waals surface area contributed by atoms with Gasteiger partial charge in [0.05, 0.1) is 0 Å². The Morgan fingerprint density at radius 1 is 1.17 bits per heavy atom. The van der Waals surface area contributed by atoms with Gasteiger partial charge in [0.15, 0.2) is 0 Å². The van der Waals surface area contributed by atoms with Gasteiger partial charge in [-0.15, -0.1) is 0 Å². The molecule has 1 aromatic carbocycles. The van der Waals surface area contributed by atoms with E-state index in [0.717, 1.165) is 6.54 Å². The third kappa shape index (κ3) is 3.69. The highest BCUT2D eigenvalue weighted by atomic mass is 32.1. The number of hydrogen-bond donors (Lipinski definition) is 1. The van der Waals surface area contributed by atoms with Crippen molar-refractivity contribution in [2.24, 2.45) is 0 Å². The Hall–Kier alpha value is -1.12. The van der Waals surface area contributed by atoms with Crippen LogP contribution in [0.25, 0.3) is 0 Å². The summed E-state index contributed by atoms with van der Waals surface area (Å²) in [7, 11) is 2.03. The lowest BCUT2D eigenvalue weighted by atomic mass is 9.92. The van der Waals surface area contributed by atoms with Crippen molar-refractivity contribution >= 4 is 11.3 Å². The van der Waals surface area contributed by atoms with E-state index in [1.807, 2.05) is 7.05 Å². The van der Waals surface area contributed by atoms with E-state index in [2.05, 4.69) is 53.3 Å². The molecule has 0 spiro atoms. The highest BCUT2D eigenvalue weighted by Crippen LogP contribution is 2.22. The number of nitrogens with one attached hydrogen (secondary N) is 1. The molecule has 0 radical (unpaired) electrons. The Balaban J connectivity index is 2.01. The van der Waals surface area contributed by atoms with Crippen molar-refractivity contribution in [3.05, 3.63) is 57.8 Å². The third-order valence-electron chi connectivity index (χ3n) is 3.36. The first-order valence-corrected chi connectivity index (χ1v) is 7.46. The van der Waals surface area contributed by atoms with E-state index < -0.39 is 0 Å². The molecule has 96 valence electrons. The Labute approximate surface area is 114 Å². The number of likely N-dealkylation sites (N-methyl/N-ethyl adjacent to an activating group) is 1. The molecule has 1 atom stereocenters. The minimum atomic E-state index is 0.607. The first kappa shape index (κ1) is 13.3. The van der Waals surface area contributed by atoms with Gasteiger partial charge >= 0.3 is 0 Å². The van der Waals surface area contributed by atoms with Crippen LogP contribution in [-0.4, -0.2) is 13.6 Å². The zero-order valence-electron chi connectivity index (χ0n) is 11.1. The number of hydrogen-bond acceptors (Lipinski definition) is 2. The van der Waals surface area contributed by atoms with Crippen LogP contribution in [0, 0.1) is 6.92 Å². The van der Waals surface area contributed by atoms with Gasteiger partial charge < -0.3 is 5.32 Å². The highest BCUT2D eigenvalue weighted by molar-refractivity contribution is 7.07. The van der Waals surface area contributed by atoms with Crippen molar-refractivity contribution in [1.29, 1.82) is 0 Å². The van der Waals surface area contributed by atoms with E-state index in [4.69, 9.17) is 0 Å². The zero-order valence-corrected chi connectivity index (χ0v) is 12.0. The van der Waals surface area contributed by atoms with Crippen LogP contribution in [0.15, 0.2) is 41.1 Å². The zero-order chi connectivity index (χ0) is 12.8. The predicted molar refractivity (Wildman–Crippen MR) is 80.5 cm³/mol. The van der Waals surface area contributed by atoms with Gasteiger partial charge in [0.2, 0.25) is 0 Å². The van der Waals surface area contributed by atoms with Gasteiger partial charge in [-0.1, -0.05) is 29.8 Å². The molecule has 1 heterocycles. The van der Waals surface area contributed by atoms with Crippen LogP contribution < -0.4 is 5.32 Å². The minimum Gasteiger partial charge on any atom is -0.319 e. The molecule has 2 rings (SSSR count). The molecule has 0 aliphatic carbocycles. The van der Waals surface area contributed by atoms with E-state index in [9.17, 15) is 0 Å². The molecule has 1 aromatic heterocycles. The molecule has 0 saturated carbocycles. The second-order valence-electron chi connectivity index (χ2n) is 4.84. The maximum atomic E-state index is 3.31. The molecule has 1 N–H and O–H groups in total. The van der Waals surface area contributed by atoms with Crippen LogP contribution in [0.4, 0.5) is 0 Å². The Morgan fingerprint density at radius 3 is 2.56 bits per heavy atom. The second kappa shape index (κ2) is 6.72.